The third-order valence-corrected chi connectivity index (χ3v) is 3.90. The number of nitrogens with two attached hydrogens (primary N) is 1. The summed E-state index contributed by atoms with van der Waals surface area (Å²) in [5, 5.41) is 11.6. The van der Waals surface area contributed by atoms with E-state index in [1.54, 1.807) is 18.2 Å². The molecule has 0 fully saturated rings. The van der Waals surface area contributed by atoms with Crippen molar-refractivity contribution in [2.75, 3.05) is 5.32 Å². The SMILES string of the molecule is CC(C)C[C@H](N)C(=O)Nc1nnc(Cc2ccccc2F)s1.Cl. The van der Waals surface area contributed by atoms with Crippen LogP contribution in [0.5, 0.6) is 0 Å². The van der Waals surface area contributed by atoms with Gasteiger partial charge in [-0.1, -0.05) is 43.4 Å². The number of nitrogens with one attached hydrogen (secondary N) is 1. The Balaban J connectivity index is 0.00000264. The van der Waals surface area contributed by atoms with E-state index in [9.17, 15) is 9.18 Å². The second-order valence-electron chi connectivity index (χ2n) is 5.49. The van der Waals surface area contributed by atoms with Crippen LogP contribution in [0.1, 0.15) is 30.8 Å². The van der Waals surface area contributed by atoms with Gasteiger partial charge in [-0.25, -0.2) is 4.39 Å². The number of carbonyl (C=O) groups is 1. The molecule has 1 aromatic heterocycles. The van der Waals surface area contributed by atoms with E-state index in [1.165, 1.54) is 17.4 Å². The van der Waals surface area contributed by atoms with Gasteiger partial charge in [-0.3, -0.25) is 10.1 Å². The minimum atomic E-state index is -0.570. The second-order valence-corrected chi connectivity index (χ2v) is 6.56. The molecule has 23 heavy (non-hydrogen) atoms. The van der Waals surface area contributed by atoms with Crippen molar-refractivity contribution in [3.8, 4) is 0 Å². The zero-order chi connectivity index (χ0) is 16.1. The molecule has 0 aliphatic carbocycles. The first-order chi connectivity index (χ1) is 10.5. The molecule has 1 aromatic carbocycles. The number of hydrogen-bond donors (Lipinski definition) is 2. The van der Waals surface area contributed by atoms with E-state index in [2.05, 4.69) is 15.5 Å². The summed E-state index contributed by atoms with van der Waals surface area (Å²) in [5.74, 6) is -0.212. The van der Waals surface area contributed by atoms with Crippen molar-refractivity contribution in [3.63, 3.8) is 0 Å². The third-order valence-electron chi connectivity index (χ3n) is 3.06. The lowest BCUT2D eigenvalue weighted by Gasteiger charge is -2.12. The van der Waals surface area contributed by atoms with Crippen molar-refractivity contribution >= 4 is 34.8 Å². The Morgan fingerprint density at radius 2 is 2.04 bits per heavy atom. The molecule has 126 valence electrons. The molecule has 0 radical (unpaired) electrons. The van der Waals surface area contributed by atoms with Crippen LogP contribution in [0, 0.1) is 11.7 Å². The summed E-state index contributed by atoms with van der Waals surface area (Å²) in [6.07, 6.45) is 0.949. The standard InChI is InChI=1S/C15H19FN4OS.ClH/c1-9(2)7-12(17)14(21)18-15-20-19-13(22-15)8-10-5-3-4-6-11(10)16;/h3-6,9,12H,7-8,17H2,1-2H3,(H,18,20,21);1H/t12-;/m0./s1. The van der Waals surface area contributed by atoms with E-state index >= 15 is 0 Å². The maximum absolute atomic E-state index is 13.6. The predicted molar refractivity (Wildman–Crippen MR) is 92.4 cm³/mol. The fraction of sp³-hybridized carbons (Fsp3) is 0.400. The van der Waals surface area contributed by atoms with Gasteiger partial charge in [-0.2, -0.15) is 0 Å². The average molecular weight is 359 g/mol. The Hall–Kier alpha value is -1.57. The summed E-state index contributed by atoms with van der Waals surface area (Å²) in [5.41, 5.74) is 6.36. The predicted octanol–water partition coefficient (Wildman–Crippen LogP) is 3.00. The number of carbonyl (C=O) groups excluding carboxylic acids is 1. The number of benzene rings is 1. The van der Waals surface area contributed by atoms with Crippen molar-refractivity contribution in [2.45, 2.75) is 32.7 Å². The molecule has 1 atom stereocenters. The Labute approximate surface area is 144 Å². The summed E-state index contributed by atoms with van der Waals surface area (Å²) in [7, 11) is 0. The van der Waals surface area contributed by atoms with Gasteiger partial charge in [0, 0.05) is 6.42 Å². The molecule has 3 N–H and O–H groups in total. The van der Waals surface area contributed by atoms with Crippen molar-refractivity contribution < 1.29 is 9.18 Å². The van der Waals surface area contributed by atoms with Crippen LogP contribution in [0.25, 0.3) is 0 Å². The molecular weight excluding hydrogens is 339 g/mol. The molecule has 0 saturated heterocycles. The zero-order valence-corrected chi connectivity index (χ0v) is 14.6. The summed E-state index contributed by atoms with van der Waals surface area (Å²) >= 11 is 1.22. The van der Waals surface area contributed by atoms with E-state index in [0.717, 1.165) is 0 Å². The molecule has 1 heterocycles. The van der Waals surface area contributed by atoms with Crippen LogP contribution in [0.15, 0.2) is 24.3 Å². The van der Waals surface area contributed by atoms with Crippen molar-refractivity contribution in [2.24, 2.45) is 11.7 Å². The maximum atomic E-state index is 13.6. The van der Waals surface area contributed by atoms with Gasteiger partial charge in [-0.15, -0.1) is 22.6 Å². The number of nitrogens with zero attached hydrogens (tertiary/aromatic N) is 2. The second kappa shape index (κ2) is 8.90. The van der Waals surface area contributed by atoms with Gasteiger partial charge in [0.1, 0.15) is 10.8 Å². The fourth-order valence-corrected chi connectivity index (χ4v) is 2.76. The van der Waals surface area contributed by atoms with E-state index in [1.807, 2.05) is 13.8 Å². The van der Waals surface area contributed by atoms with Crippen LogP contribution in [0.2, 0.25) is 0 Å². The highest BCUT2D eigenvalue weighted by molar-refractivity contribution is 7.15. The number of rotatable bonds is 6. The smallest absolute Gasteiger partial charge is 0.243 e. The lowest BCUT2D eigenvalue weighted by molar-refractivity contribution is -0.117. The molecule has 5 nitrogen and oxygen atoms in total. The first kappa shape index (κ1) is 19.5. The number of hydrogen-bond acceptors (Lipinski definition) is 5. The van der Waals surface area contributed by atoms with E-state index in [0.29, 0.717) is 34.5 Å². The summed E-state index contributed by atoms with van der Waals surface area (Å²) in [6.45, 7) is 4.01. The summed E-state index contributed by atoms with van der Waals surface area (Å²) in [6, 6.07) is 5.95. The highest BCUT2D eigenvalue weighted by atomic mass is 35.5. The van der Waals surface area contributed by atoms with Gasteiger partial charge in [0.2, 0.25) is 11.0 Å². The Kier molecular flexibility index (Phi) is 7.54. The molecule has 2 rings (SSSR count). The van der Waals surface area contributed by atoms with Gasteiger partial charge in [-0.05, 0) is 24.0 Å². The van der Waals surface area contributed by atoms with E-state index < -0.39 is 6.04 Å². The number of aromatic nitrogens is 2. The molecule has 0 unspecified atom stereocenters. The lowest BCUT2D eigenvalue weighted by Crippen LogP contribution is -2.36. The topological polar surface area (TPSA) is 80.9 Å². The molecule has 0 aliphatic rings. The van der Waals surface area contributed by atoms with Gasteiger partial charge in [0.15, 0.2) is 0 Å². The monoisotopic (exact) mass is 358 g/mol. The highest BCUT2D eigenvalue weighted by Crippen LogP contribution is 2.20. The summed E-state index contributed by atoms with van der Waals surface area (Å²) < 4.78 is 13.6. The lowest BCUT2D eigenvalue weighted by atomic mass is 10.0. The van der Waals surface area contributed by atoms with Crippen LogP contribution in [0.3, 0.4) is 0 Å². The molecule has 1 amide bonds. The summed E-state index contributed by atoms with van der Waals surface area (Å²) in [4.78, 5) is 11.9. The van der Waals surface area contributed by atoms with Gasteiger partial charge in [0.05, 0.1) is 6.04 Å². The zero-order valence-electron chi connectivity index (χ0n) is 13.0. The van der Waals surface area contributed by atoms with Crippen molar-refractivity contribution in [1.82, 2.24) is 10.2 Å². The molecule has 0 spiro atoms. The van der Waals surface area contributed by atoms with Crippen molar-refractivity contribution in [1.29, 1.82) is 0 Å². The Bertz CT molecular complexity index is 650. The highest BCUT2D eigenvalue weighted by Gasteiger charge is 2.17. The Morgan fingerprint density at radius 3 is 2.70 bits per heavy atom. The number of amides is 1. The number of anilines is 1. The minimum absolute atomic E-state index is 0. The van der Waals surface area contributed by atoms with Crippen LogP contribution in [-0.2, 0) is 11.2 Å². The van der Waals surface area contributed by atoms with Crippen LogP contribution < -0.4 is 11.1 Å². The van der Waals surface area contributed by atoms with E-state index in [-0.39, 0.29) is 24.1 Å². The Morgan fingerprint density at radius 1 is 1.35 bits per heavy atom. The molecule has 0 saturated carbocycles. The quantitative estimate of drug-likeness (QED) is 0.831. The maximum Gasteiger partial charge on any atom is 0.243 e. The number of halogens is 2. The van der Waals surface area contributed by atoms with Gasteiger partial charge < -0.3 is 5.73 Å². The van der Waals surface area contributed by atoms with Crippen LogP contribution in [0.4, 0.5) is 9.52 Å². The van der Waals surface area contributed by atoms with E-state index in [4.69, 9.17) is 5.73 Å². The van der Waals surface area contributed by atoms with Crippen LogP contribution >= 0.6 is 23.7 Å². The fourth-order valence-electron chi connectivity index (χ4n) is 1.99. The molecule has 0 aliphatic heterocycles. The molecule has 8 heteroatoms. The average Bonchev–Trinajstić information content (AvgIpc) is 2.88. The third kappa shape index (κ3) is 5.85. The minimum Gasteiger partial charge on any atom is -0.320 e. The van der Waals surface area contributed by atoms with Crippen LogP contribution in [-0.4, -0.2) is 22.1 Å². The van der Waals surface area contributed by atoms with Crippen molar-refractivity contribution in [3.05, 3.63) is 40.7 Å². The molecular formula is C15H20ClFN4OS. The molecule has 2 aromatic rings. The van der Waals surface area contributed by atoms with Gasteiger partial charge in [0.25, 0.3) is 0 Å². The normalized spacial score (nSPS) is 11.9. The molecule has 0 bridgehead atoms. The first-order valence-corrected chi connectivity index (χ1v) is 7.89. The first-order valence-electron chi connectivity index (χ1n) is 7.08. The largest absolute Gasteiger partial charge is 0.320 e. The van der Waals surface area contributed by atoms with Gasteiger partial charge >= 0.3 is 0 Å².